The maximum absolute atomic E-state index is 13.2. The molecule has 0 aliphatic heterocycles. The summed E-state index contributed by atoms with van der Waals surface area (Å²) in [7, 11) is 1.26. The van der Waals surface area contributed by atoms with Crippen LogP contribution in [0.3, 0.4) is 0 Å². The average molecular weight is 198 g/mol. The van der Waals surface area contributed by atoms with Crippen LogP contribution in [0.5, 0.6) is 5.75 Å². The van der Waals surface area contributed by atoms with E-state index in [1.807, 2.05) is 0 Å². The number of benzene rings is 1. The molecule has 0 radical (unpaired) electrons. The minimum absolute atomic E-state index is 0.133. The quantitative estimate of drug-likeness (QED) is 0.690. The summed E-state index contributed by atoms with van der Waals surface area (Å²) in [5.74, 6) is -2.33. The normalized spacial score (nSPS) is 14.4. The van der Waals surface area contributed by atoms with E-state index < -0.39 is 11.6 Å². The van der Waals surface area contributed by atoms with Gasteiger partial charge in [0.15, 0.2) is 17.3 Å². The summed E-state index contributed by atoms with van der Waals surface area (Å²) in [5.41, 5.74) is 0.733. The summed E-state index contributed by atoms with van der Waals surface area (Å²) < 4.78 is 30.9. The van der Waals surface area contributed by atoms with Gasteiger partial charge >= 0.3 is 0 Å². The Morgan fingerprint density at radius 2 is 2.07 bits per heavy atom. The number of ketones is 1. The molecule has 0 spiro atoms. The second-order valence-corrected chi connectivity index (χ2v) is 3.15. The molecule has 0 amide bonds. The van der Waals surface area contributed by atoms with Gasteiger partial charge in [-0.15, -0.1) is 0 Å². The lowest BCUT2D eigenvalue weighted by molar-refractivity contribution is 0.0994. The van der Waals surface area contributed by atoms with Crippen LogP contribution in [0.2, 0.25) is 0 Å². The fourth-order valence-electron chi connectivity index (χ4n) is 1.72. The standard InChI is InChI=1S/C10H8F2O2/c1-14-10-5-2-3-8(13)6(5)4-7(11)9(10)12/h4H,2-3H2,1H3. The fourth-order valence-corrected chi connectivity index (χ4v) is 1.72. The van der Waals surface area contributed by atoms with Gasteiger partial charge in [0.05, 0.1) is 7.11 Å². The maximum Gasteiger partial charge on any atom is 0.200 e. The number of hydrogen-bond acceptors (Lipinski definition) is 2. The molecule has 0 bridgehead atoms. The van der Waals surface area contributed by atoms with E-state index in [9.17, 15) is 13.6 Å². The Labute approximate surface area is 79.5 Å². The van der Waals surface area contributed by atoms with Gasteiger partial charge in [-0.2, -0.15) is 4.39 Å². The zero-order valence-electron chi connectivity index (χ0n) is 7.56. The molecular weight excluding hydrogens is 190 g/mol. The molecule has 1 aliphatic carbocycles. The van der Waals surface area contributed by atoms with Crippen LogP contribution < -0.4 is 4.74 Å². The Hall–Kier alpha value is -1.45. The van der Waals surface area contributed by atoms with Crippen molar-refractivity contribution in [3.8, 4) is 5.75 Å². The fraction of sp³-hybridized carbons (Fsp3) is 0.300. The molecule has 1 aromatic carbocycles. The molecule has 4 heteroatoms. The van der Waals surface area contributed by atoms with Crippen molar-refractivity contribution in [3.05, 3.63) is 28.8 Å². The van der Waals surface area contributed by atoms with Crippen molar-refractivity contribution in [2.45, 2.75) is 12.8 Å². The van der Waals surface area contributed by atoms with E-state index in [-0.39, 0.29) is 17.1 Å². The highest BCUT2D eigenvalue weighted by atomic mass is 19.2. The lowest BCUT2D eigenvalue weighted by atomic mass is 10.1. The summed E-state index contributed by atoms with van der Waals surface area (Å²) in [5, 5.41) is 0. The molecule has 0 N–H and O–H groups in total. The number of methoxy groups -OCH3 is 1. The van der Waals surface area contributed by atoms with E-state index in [0.717, 1.165) is 6.07 Å². The number of fused-ring (bicyclic) bond motifs is 1. The number of carbonyl (C=O) groups excluding carboxylic acids is 1. The Bertz CT molecular complexity index is 413. The molecule has 0 atom stereocenters. The van der Waals surface area contributed by atoms with Gasteiger partial charge in [0.25, 0.3) is 0 Å². The largest absolute Gasteiger partial charge is 0.493 e. The van der Waals surface area contributed by atoms with Crippen LogP contribution in [0.15, 0.2) is 6.07 Å². The summed E-state index contributed by atoms with van der Waals surface area (Å²) in [4.78, 5) is 11.3. The van der Waals surface area contributed by atoms with Crippen molar-refractivity contribution in [2.24, 2.45) is 0 Å². The van der Waals surface area contributed by atoms with E-state index in [1.54, 1.807) is 0 Å². The number of Topliss-reactive ketones (excluding diaryl/α,β-unsaturated/α-hetero) is 1. The van der Waals surface area contributed by atoms with E-state index in [0.29, 0.717) is 18.4 Å². The van der Waals surface area contributed by atoms with Crippen molar-refractivity contribution >= 4 is 5.78 Å². The van der Waals surface area contributed by atoms with Crippen molar-refractivity contribution in [1.29, 1.82) is 0 Å². The lowest BCUT2D eigenvalue weighted by Gasteiger charge is -2.07. The first-order chi connectivity index (χ1) is 6.65. The Kier molecular flexibility index (Phi) is 1.98. The van der Waals surface area contributed by atoms with E-state index in [4.69, 9.17) is 4.74 Å². The molecule has 74 valence electrons. The van der Waals surface area contributed by atoms with Crippen LogP contribution in [0, 0.1) is 11.6 Å². The third-order valence-corrected chi connectivity index (χ3v) is 2.39. The van der Waals surface area contributed by atoms with E-state index >= 15 is 0 Å². The van der Waals surface area contributed by atoms with Gasteiger partial charge in [-0.3, -0.25) is 4.79 Å². The molecule has 14 heavy (non-hydrogen) atoms. The monoisotopic (exact) mass is 198 g/mol. The highest BCUT2D eigenvalue weighted by molar-refractivity contribution is 6.01. The maximum atomic E-state index is 13.2. The number of halogens is 2. The molecule has 1 aliphatic rings. The Morgan fingerprint density at radius 3 is 2.71 bits per heavy atom. The summed E-state index contributed by atoms with van der Waals surface area (Å²) in [6, 6.07) is 0.947. The van der Waals surface area contributed by atoms with Crippen LogP contribution in [0.25, 0.3) is 0 Å². The molecule has 0 saturated carbocycles. The third-order valence-electron chi connectivity index (χ3n) is 2.39. The Morgan fingerprint density at radius 1 is 1.36 bits per heavy atom. The molecule has 0 aromatic heterocycles. The lowest BCUT2D eigenvalue weighted by Crippen LogP contribution is -2.00. The number of carbonyl (C=O) groups is 1. The van der Waals surface area contributed by atoms with Gasteiger partial charge < -0.3 is 4.74 Å². The third kappa shape index (κ3) is 1.10. The van der Waals surface area contributed by atoms with Crippen molar-refractivity contribution in [1.82, 2.24) is 0 Å². The van der Waals surface area contributed by atoms with Crippen molar-refractivity contribution in [3.63, 3.8) is 0 Å². The number of rotatable bonds is 1. The molecule has 1 aromatic rings. The van der Waals surface area contributed by atoms with Crippen LogP contribution in [-0.2, 0) is 6.42 Å². The van der Waals surface area contributed by atoms with Gasteiger partial charge in [-0.1, -0.05) is 0 Å². The first kappa shape index (κ1) is 9.12. The summed E-state index contributed by atoms with van der Waals surface area (Å²) >= 11 is 0. The summed E-state index contributed by atoms with van der Waals surface area (Å²) in [6.45, 7) is 0. The van der Waals surface area contributed by atoms with Gasteiger partial charge in [0, 0.05) is 17.5 Å². The van der Waals surface area contributed by atoms with E-state index in [2.05, 4.69) is 0 Å². The second kappa shape index (κ2) is 3.04. The summed E-state index contributed by atoms with van der Waals surface area (Å²) in [6.07, 6.45) is 0.725. The van der Waals surface area contributed by atoms with Gasteiger partial charge in [-0.25, -0.2) is 4.39 Å². The second-order valence-electron chi connectivity index (χ2n) is 3.15. The van der Waals surface area contributed by atoms with E-state index in [1.165, 1.54) is 7.11 Å². The number of hydrogen-bond donors (Lipinski definition) is 0. The van der Waals surface area contributed by atoms with Crippen LogP contribution in [0.1, 0.15) is 22.3 Å². The average Bonchev–Trinajstić information content (AvgIpc) is 2.51. The minimum atomic E-state index is -1.03. The van der Waals surface area contributed by atoms with Gasteiger partial charge in [0.2, 0.25) is 5.82 Å². The molecule has 0 unspecified atom stereocenters. The highest BCUT2D eigenvalue weighted by Crippen LogP contribution is 2.34. The molecule has 0 saturated heterocycles. The molecule has 2 rings (SSSR count). The predicted molar refractivity (Wildman–Crippen MR) is 45.6 cm³/mol. The SMILES string of the molecule is COc1c(F)c(F)cc2c1CCC2=O. The first-order valence-corrected chi connectivity index (χ1v) is 4.23. The van der Waals surface area contributed by atoms with Crippen LogP contribution in [0.4, 0.5) is 8.78 Å². The van der Waals surface area contributed by atoms with Gasteiger partial charge in [0.1, 0.15) is 0 Å². The minimum Gasteiger partial charge on any atom is -0.493 e. The van der Waals surface area contributed by atoms with Crippen LogP contribution >= 0.6 is 0 Å². The Balaban J connectivity index is 2.71. The number of ether oxygens (including phenoxy) is 1. The van der Waals surface area contributed by atoms with Crippen LogP contribution in [-0.4, -0.2) is 12.9 Å². The van der Waals surface area contributed by atoms with Crippen molar-refractivity contribution < 1.29 is 18.3 Å². The molecule has 2 nitrogen and oxygen atoms in total. The predicted octanol–water partition coefficient (Wildman–Crippen LogP) is 2.10. The molecule has 0 fully saturated rings. The van der Waals surface area contributed by atoms with Gasteiger partial charge in [-0.05, 0) is 12.5 Å². The zero-order chi connectivity index (χ0) is 10.3. The smallest absolute Gasteiger partial charge is 0.200 e. The molecule has 0 heterocycles. The first-order valence-electron chi connectivity index (χ1n) is 4.23. The zero-order valence-corrected chi connectivity index (χ0v) is 7.56. The molecular formula is C10H8F2O2. The topological polar surface area (TPSA) is 26.3 Å². The highest BCUT2D eigenvalue weighted by Gasteiger charge is 2.27. The van der Waals surface area contributed by atoms with Crippen molar-refractivity contribution in [2.75, 3.05) is 7.11 Å².